The molecule has 1 aliphatic heterocycles. The highest BCUT2D eigenvalue weighted by atomic mass is 16.3. The summed E-state index contributed by atoms with van der Waals surface area (Å²) in [5.74, 6) is 0.526. The normalized spacial score (nSPS) is 20.8. The van der Waals surface area contributed by atoms with E-state index >= 15 is 0 Å². The number of carbonyl (C=O) groups excluding carboxylic acids is 1. The summed E-state index contributed by atoms with van der Waals surface area (Å²) in [6.45, 7) is 12.6. The van der Waals surface area contributed by atoms with Gasteiger partial charge >= 0.3 is 0 Å². The highest BCUT2D eigenvalue weighted by Crippen LogP contribution is 2.27. The maximum Gasteiger partial charge on any atom is 0.160 e. The fourth-order valence-corrected chi connectivity index (χ4v) is 3.64. The van der Waals surface area contributed by atoms with Crippen LogP contribution >= 0.6 is 0 Å². The zero-order valence-corrected chi connectivity index (χ0v) is 13.9. The molecule has 3 nitrogen and oxygen atoms in total. The van der Waals surface area contributed by atoms with E-state index in [1.165, 1.54) is 11.1 Å². The fourth-order valence-electron chi connectivity index (χ4n) is 3.64. The topological polar surface area (TPSA) is 40.5 Å². The Morgan fingerprint density at radius 3 is 2.57 bits per heavy atom. The maximum atomic E-state index is 11.9. The van der Waals surface area contributed by atoms with Crippen LogP contribution in [0.5, 0.6) is 0 Å². The standard InChI is InChI=1S/C18H27NO2/c1-11-8-12(2)18(15(5)21)13(3)17(11)10-19-7-6-16(9-19)14(4)20/h8,14,16,20H,6-7,9-10H2,1-5H3. The lowest BCUT2D eigenvalue weighted by atomic mass is 9.91. The molecule has 1 heterocycles. The third-order valence-corrected chi connectivity index (χ3v) is 4.86. The molecule has 2 atom stereocenters. The van der Waals surface area contributed by atoms with Crippen molar-refractivity contribution in [3.05, 3.63) is 33.9 Å². The van der Waals surface area contributed by atoms with Crippen molar-refractivity contribution in [1.82, 2.24) is 4.90 Å². The Kier molecular flexibility index (Phi) is 4.84. The van der Waals surface area contributed by atoms with Gasteiger partial charge in [-0.2, -0.15) is 0 Å². The van der Waals surface area contributed by atoms with Crippen molar-refractivity contribution in [2.24, 2.45) is 5.92 Å². The number of aliphatic hydroxyl groups is 1. The van der Waals surface area contributed by atoms with Gasteiger partial charge in [0.15, 0.2) is 5.78 Å². The SMILES string of the molecule is CC(=O)c1c(C)cc(C)c(CN2CCC(C(C)O)C2)c1C. The number of Topliss-reactive ketones (excluding diaryl/α,β-unsaturated/α-hetero) is 1. The molecule has 1 aromatic rings. The third-order valence-electron chi connectivity index (χ3n) is 4.86. The van der Waals surface area contributed by atoms with Crippen molar-refractivity contribution in [2.75, 3.05) is 13.1 Å². The minimum Gasteiger partial charge on any atom is -0.393 e. The lowest BCUT2D eigenvalue weighted by Gasteiger charge is -2.22. The number of ketones is 1. The van der Waals surface area contributed by atoms with E-state index in [2.05, 4.69) is 24.8 Å². The van der Waals surface area contributed by atoms with Crippen LogP contribution in [0.15, 0.2) is 6.07 Å². The summed E-state index contributed by atoms with van der Waals surface area (Å²) in [6, 6.07) is 2.13. The third kappa shape index (κ3) is 3.35. The minimum absolute atomic E-state index is 0.148. The first-order valence-corrected chi connectivity index (χ1v) is 7.82. The van der Waals surface area contributed by atoms with Crippen LogP contribution in [-0.2, 0) is 6.54 Å². The molecule has 0 bridgehead atoms. The lowest BCUT2D eigenvalue weighted by Crippen LogP contribution is -2.25. The van der Waals surface area contributed by atoms with Gasteiger partial charge in [0.25, 0.3) is 0 Å². The second kappa shape index (κ2) is 6.29. The molecule has 0 spiro atoms. The number of aliphatic hydroxyl groups excluding tert-OH is 1. The number of aryl methyl sites for hydroxylation is 2. The lowest BCUT2D eigenvalue weighted by molar-refractivity contribution is 0.101. The van der Waals surface area contributed by atoms with Crippen LogP contribution in [0, 0.1) is 26.7 Å². The van der Waals surface area contributed by atoms with Crippen molar-refractivity contribution in [3.8, 4) is 0 Å². The molecule has 1 fully saturated rings. The number of carbonyl (C=O) groups is 1. The van der Waals surface area contributed by atoms with Gasteiger partial charge in [-0.25, -0.2) is 0 Å². The quantitative estimate of drug-likeness (QED) is 0.866. The van der Waals surface area contributed by atoms with E-state index in [1.807, 2.05) is 13.8 Å². The highest BCUT2D eigenvalue weighted by Gasteiger charge is 2.27. The zero-order valence-electron chi connectivity index (χ0n) is 13.9. The summed E-state index contributed by atoms with van der Waals surface area (Å²) in [5, 5.41) is 9.73. The van der Waals surface area contributed by atoms with Crippen LogP contribution < -0.4 is 0 Å². The van der Waals surface area contributed by atoms with E-state index in [0.717, 1.165) is 42.7 Å². The Hall–Kier alpha value is -1.19. The van der Waals surface area contributed by atoms with Crippen molar-refractivity contribution in [1.29, 1.82) is 0 Å². The van der Waals surface area contributed by atoms with Gasteiger partial charge in [0, 0.05) is 18.7 Å². The summed E-state index contributed by atoms with van der Waals surface area (Å²) in [6.07, 6.45) is 0.823. The first-order chi connectivity index (χ1) is 9.81. The van der Waals surface area contributed by atoms with E-state index in [9.17, 15) is 9.90 Å². The van der Waals surface area contributed by atoms with E-state index in [-0.39, 0.29) is 11.9 Å². The molecule has 0 aliphatic carbocycles. The molecule has 1 aromatic carbocycles. The van der Waals surface area contributed by atoms with Gasteiger partial charge < -0.3 is 5.11 Å². The molecule has 0 aromatic heterocycles. The van der Waals surface area contributed by atoms with Gasteiger partial charge in [-0.05, 0) is 75.8 Å². The van der Waals surface area contributed by atoms with E-state index in [1.54, 1.807) is 6.92 Å². The molecule has 1 saturated heterocycles. The average molecular weight is 289 g/mol. The molecule has 3 heteroatoms. The molecule has 21 heavy (non-hydrogen) atoms. The Morgan fingerprint density at radius 2 is 2.05 bits per heavy atom. The Bertz CT molecular complexity index is 549. The van der Waals surface area contributed by atoms with Crippen molar-refractivity contribution in [3.63, 3.8) is 0 Å². The molecule has 0 amide bonds. The Balaban J connectivity index is 2.25. The van der Waals surface area contributed by atoms with Crippen molar-refractivity contribution < 1.29 is 9.90 Å². The number of likely N-dealkylation sites (tertiary alicyclic amines) is 1. The largest absolute Gasteiger partial charge is 0.393 e. The molecule has 1 N–H and O–H groups in total. The Labute approximate surface area is 128 Å². The molecular weight excluding hydrogens is 262 g/mol. The summed E-state index contributed by atoms with van der Waals surface area (Å²) in [7, 11) is 0. The molecule has 1 aliphatic rings. The maximum absolute atomic E-state index is 11.9. The monoisotopic (exact) mass is 289 g/mol. The number of hydrogen-bond acceptors (Lipinski definition) is 3. The average Bonchev–Trinajstić information content (AvgIpc) is 2.82. The molecule has 116 valence electrons. The van der Waals surface area contributed by atoms with Crippen LogP contribution in [0.4, 0.5) is 0 Å². The number of hydrogen-bond donors (Lipinski definition) is 1. The van der Waals surface area contributed by atoms with Crippen molar-refractivity contribution in [2.45, 2.75) is 53.7 Å². The molecule has 0 saturated carbocycles. The number of rotatable bonds is 4. The van der Waals surface area contributed by atoms with Gasteiger partial charge in [0.2, 0.25) is 0 Å². The highest BCUT2D eigenvalue weighted by molar-refractivity contribution is 5.97. The van der Waals surface area contributed by atoms with E-state index in [0.29, 0.717) is 5.92 Å². The van der Waals surface area contributed by atoms with Crippen molar-refractivity contribution >= 4 is 5.78 Å². The Morgan fingerprint density at radius 1 is 1.38 bits per heavy atom. The van der Waals surface area contributed by atoms with Crippen LogP contribution in [0.3, 0.4) is 0 Å². The summed E-state index contributed by atoms with van der Waals surface area (Å²) in [4.78, 5) is 14.3. The predicted molar refractivity (Wildman–Crippen MR) is 85.7 cm³/mol. The van der Waals surface area contributed by atoms with E-state index in [4.69, 9.17) is 0 Å². The van der Waals surface area contributed by atoms with Gasteiger partial charge in [-0.1, -0.05) is 6.07 Å². The summed E-state index contributed by atoms with van der Waals surface area (Å²) in [5.41, 5.74) is 5.61. The molecular formula is C18H27NO2. The first kappa shape index (κ1) is 16.2. The van der Waals surface area contributed by atoms with Gasteiger partial charge in [0.1, 0.15) is 0 Å². The van der Waals surface area contributed by atoms with Crippen LogP contribution in [0.1, 0.15) is 52.9 Å². The smallest absolute Gasteiger partial charge is 0.160 e. The number of benzene rings is 1. The van der Waals surface area contributed by atoms with Gasteiger partial charge in [-0.3, -0.25) is 9.69 Å². The fraction of sp³-hybridized carbons (Fsp3) is 0.611. The minimum atomic E-state index is -0.233. The van der Waals surface area contributed by atoms with Gasteiger partial charge in [0.05, 0.1) is 6.10 Å². The van der Waals surface area contributed by atoms with E-state index < -0.39 is 0 Å². The van der Waals surface area contributed by atoms with Crippen LogP contribution in [0.2, 0.25) is 0 Å². The molecule has 0 radical (unpaired) electrons. The first-order valence-electron chi connectivity index (χ1n) is 7.82. The van der Waals surface area contributed by atoms with Crippen LogP contribution in [-0.4, -0.2) is 35.0 Å². The summed E-state index contributed by atoms with van der Waals surface area (Å²) >= 11 is 0. The summed E-state index contributed by atoms with van der Waals surface area (Å²) < 4.78 is 0. The second-order valence-corrected chi connectivity index (χ2v) is 6.57. The zero-order chi connectivity index (χ0) is 15.7. The molecule has 2 rings (SSSR count). The number of nitrogens with zero attached hydrogens (tertiary/aromatic N) is 1. The second-order valence-electron chi connectivity index (χ2n) is 6.57. The van der Waals surface area contributed by atoms with Crippen LogP contribution in [0.25, 0.3) is 0 Å². The predicted octanol–water partition coefficient (Wildman–Crippen LogP) is 3.02. The van der Waals surface area contributed by atoms with Gasteiger partial charge in [-0.15, -0.1) is 0 Å². The molecule has 2 unspecified atom stereocenters.